The van der Waals surface area contributed by atoms with Crippen molar-refractivity contribution in [2.45, 2.75) is 4.90 Å². The third kappa shape index (κ3) is 3.95. The Morgan fingerprint density at radius 1 is 1.10 bits per heavy atom. The molecule has 0 radical (unpaired) electrons. The number of sulfonamides is 1. The molecule has 7 nitrogen and oxygen atoms in total. The molecule has 1 aliphatic heterocycles. The van der Waals surface area contributed by atoms with Crippen molar-refractivity contribution < 1.29 is 13.2 Å². The molecule has 0 N–H and O–H groups in total. The van der Waals surface area contributed by atoms with Crippen LogP contribution in [0.1, 0.15) is 15.2 Å². The maximum absolute atomic E-state index is 12.8. The summed E-state index contributed by atoms with van der Waals surface area (Å²) in [7, 11) is -3.65. The second-order valence-electron chi connectivity index (χ2n) is 6.34. The van der Waals surface area contributed by atoms with Gasteiger partial charge in [0.15, 0.2) is 0 Å². The average molecular weight is 445 g/mol. The van der Waals surface area contributed by atoms with Crippen molar-refractivity contribution in [1.82, 2.24) is 14.2 Å². The summed E-state index contributed by atoms with van der Waals surface area (Å²) in [6.07, 6.45) is 1.59. The maximum atomic E-state index is 12.8. The van der Waals surface area contributed by atoms with Crippen molar-refractivity contribution in [1.29, 1.82) is 5.26 Å². The number of nitriles is 1. The smallest absolute Gasteiger partial charge is 0.265 e. The van der Waals surface area contributed by atoms with E-state index < -0.39 is 10.0 Å². The van der Waals surface area contributed by atoms with Crippen LogP contribution in [-0.2, 0) is 10.0 Å². The van der Waals surface area contributed by atoms with Crippen LogP contribution in [0.5, 0.6) is 0 Å². The van der Waals surface area contributed by atoms with E-state index in [0.717, 1.165) is 9.88 Å². The summed E-state index contributed by atoms with van der Waals surface area (Å²) >= 11 is 2.92. The number of nitrogens with zero attached hydrogens (tertiary/aromatic N) is 4. The Balaban J connectivity index is 1.42. The van der Waals surface area contributed by atoms with Gasteiger partial charge in [-0.25, -0.2) is 13.4 Å². The zero-order valence-corrected chi connectivity index (χ0v) is 17.6. The van der Waals surface area contributed by atoms with Crippen LogP contribution in [-0.4, -0.2) is 54.7 Å². The summed E-state index contributed by atoms with van der Waals surface area (Å²) in [6, 6.07) is 11.7. The molecular formula is C19H16N4O3S3. The van der Waals surface area contributed by atoms with E-state index in [0.29, 0.717) is 23.5 Å². The molecule has 29 heavy (non-hydrogen) atoms. The van der Waals surface area contributed by atoms with Gasteiger partial charge in [-0.05, 0) is 35.7 Å². The number of hydrogen-bond acceptors (Lipinski definition) is 7. The van der Waals surface area contributed by atoms with Crippen molar-refractivity contribution >= 4 is 38.6 Å². The van der Waals surface area contributed by atoms with Crippen LogP contribution in [0.25, 0.3) is 9.88 Å². The van der Waals surface area contributed by atoms with E-state index in [1.54, 1.807) is 22.4 Å². The monoisotopic (exact) mass is 444 g/mol. The lowest BCUT2D eigenvalue weighted by molar-refractivity contribution is 0.0702. The molecule has 4 rings (SSSR count). The van der Waals surface area contributed by atoms with E-state index in [2.05, 4.69) is 4.98 Å². The van der Waals surface area contributed by atoms with E-state index in [9.17, 15) is 13.2 Å². The van der Waals surface area contributed by atoms with Crippen LogP contribution in [0, 0.1) is 11.3 Å². The Hall–Kier alpha value is -2.58. The molecule has 148 valence electrons. The number of aromatic nitrogens is 1. The lowest BCUT2D eigenvalue weighted by Gasteiger charge is -2.33. The molecule has 0 aliphatic carbocycles. The second-order valence-corrected chi connectivity index (χ2v) is 10.3. The molecule has 0 spiro atoms. The van der Waals surface area contributed by atoms with Crippen LogP contribution in [0.4, 0.5) is 0 Å². The fourth-order valence-corrected chi connectivity index (χ4v) is 6.14. The highest BCUT2D eigenvalue weighted by atomic mass is 32.2. The number of piperazine rings is 1. The average Bonchev–Trinajstić information content (AvgIpc) is 3.45. The SMILES string of the molecule is N#Cc1ccc(S(=O)(=O)N2CCN(C(=O)c3cnc(-c4cccs4)s3)CC2)cc1. The Kier molecular flexibility index (Phi) is 5.47. The van der Waals surface area contributed by atoms with E-state index in [4.69, 9.17) is 5.26 Å². The molecule has 1 saturated heterocycles. The fraction of sp³-hybridized carbons (Fsp3) is 0.211. The molecule has 1 aromatic carbocycles. The molecule has 3 aromatic rings. The van der Waals surface area contributed by atoms with Gasteiger partial charge in [0, 0.05) is 26.2 Å². The predicted octanol–water partition coefficient (Wildman–Crippen LogP) is 2.89. The minimum absolute atomic E-state index is 0.124. The van der Waals surface area contributed by atoms with Gasteiger partial charge in [0.2, 0.25) is 10.0 Å². The normalized spacial score (nSPS) is 15.2. The van der Waals surface area contributed by atoms with E-state index in [1.807, 2.05) is 23.6 Å². The summed E-state index contributed by atoms with van der Waals surface area (Å²) in [5, 5.41) is 11.6. The van der Waals surface area contributed by atoms with Crippen molar-refractivity contribution in [2.75, 3.05) is 26.2 Å². The van der Waals surface area contributed by atoms with Gasteiger partial charge in [0.25, 0.3) is 5.91 Å². The molecule has 1 amide bonds. The molecule has 0 unspecified atom stereocenters. The lowest BCUT2D eigenvalue weighted by atomic mass is 10.2. The van der Waals surface area contributed by atoms with Crippen LogP contribution in [0.15, 0.2) is 52.9 Å². The minimum Gasteiger partial charge on any atom is -0.335 e. The van der Waals surface area contributed by atoms with Crippen molar-refractivity contribution in [3.8, 4) is 16.0 Å². The van der Waals surface area contributed by atoms with Crippen LogP contribution in [0.2, 0.25) is 0 Å². The minimum atomic E-state index is -3.65. The summed E-state index contributed by atoms with van der Waals surface area (Å²) in [5.74, 6) is -0.124. The number of rotatable bonds is 4. The first-order valence-electron chi connectivity index (χ1n) is 8.78. The van der Waals surface area contributed by atoms with Gasteiger partial charge >= 0.3 is 0 Å². The van der Waals surface area contributed by atoms with E-state index >= 15 is 0 Å². The standard InChI is InChI=1S/C19H16N4O3S3/c20-12-14-3-5-15(6-4-14)29(25,26)23-9-7-22(8-10-23)19(24)17-13-21-18(28-17)16-2-1-11-27-16/h1-6,11,13H,7-10H2. The highest BCUT2D eigenvalue weighted by Gasteiger charge is 2.31. The molecule has 1 fully saturated rings. The van der Waals surface area contributed by atoms with Gasteiger partial charge in [-0.1, -0.05) is 6.07 Å². The zero-order chi connectivity index (χ0) is 20.4. The largest absolute Gasteiger partial charge is 0.335 e. The summed E-state index contributed by atoms with van der Waals surface area (Å²) in [5.41, 5.74) is 0.408. The van der Waals surface area contributed by atoms with E-state index in [1.165, 1.54) is 39.9 Å². The van der Waals surface area contributed by atoms with Gasteiger partial charge in [0.05, 0.1) is 27.6 Å². The molecule has 3 heterocycles. The number of thiazole rings is 1. The molecule has 0 atom stereocenters. The Bertz CT molecular complexity index is 1150. The van der Waals surface area contributed by atoms with Gasteiger partial charge < -0.3 is 4.90 Å². The topological polar surface area (TPSA) is 94.4 Å². The number of carbonyl (C=O) groups is 1. The molecule has 10 heteroatoms. The summed E-state index contributed by atoms with van der Waals surface area (Å²) in [6.45, 7) is 1.09. The number of carbonyl (C=O) groups excluding carboxylic acids is 1. The number of hydrogen-bond donors (Lipinski definition) is 0. The zero-order valence-electron chi connectivity index (χ0n) is 15.2. The summed E-state index contributed by atoms with van der Waals surface area (Å²) in [4.78, 5) is 20.5. The van der Waals surface area contributed by atoms with Crippen LogP contribution < -0.4 is 0 Å². The van der Waals surface area contributed by atoms with E-state index in [-0.39, 0.29) is 23.9 Å². The first-order valence-corrected chi connectivity index (χ1v) is 11.9. The molecule has 0 saturated carbocycles. The molecule has 0 bridgehead atoms. The Morgan fingerprint density at radius 2 is 1.83 bits per heavy atom. The summed E-state index contributed by atoms with van der Waals surface area (Å²) < 4.78 is 27.0. The van der Waals surface area contributed by atoms with Crippen LogP contribution in [0.3, 0.4) is 0 Å². The van der Waals surface area contributed by atoms with Gasteiger partial charge in [-0.2, -0.15) is 9.57 Å². The van der Waals surface area contributed by atoms with Crippen molar-refractivity contribution in [2.24, 2.45) is 0 Å². The van der Waals surface area contributed by atoms with Crippen molar-refractivity contribution in [3.63, 3.8) is 0 Å². The molecule has 1 aliphatic rings. The third-order valence-corrected chi connectivity index (χ3v) is 8.53. The number of benzene rings is 1. The Morgan fingerprint density at radius 3 is 2.45 bits per heavy atom. The van der Waals surface area contributed by atoms with Gasteiger partial charge in [-0.15, -0.1) is 22.7 Å². The lowest BCUT2D eigenvalue weighted by Crippen LogP contribution is -2.50. The van der Waals surface area contributed by atoms with Crippen LogP contribution >= 0.6 is 22.7 Å². The number of thiophene rings is 1. The quantitative estimate of drug-likeness (QED) is 0.617. The first-order chi connectivity index (χ1) is 14.0. The van der Waals surface area contributed by atoms with Gasteiger partial charge in [-0.3, -0.25) is 4.79 Å². The number of amides is 1. The fourth-order valence-electron chi connectivity index (χ4n) is 3.03. The third-order valence-electron chi connectivity index (χ3n) is 4.60. The second kappa shape index (κ2) is 8.04. The molecule has 2 aromatic heterocycles. The molecular weight excluding hydrogens is 428 g/mol. The first kappa shape index (κ1) is 19.7. The Labute approximate surface area is 176 Å². The predicted molar refractivity (Wildman–Crippen MR) is 111 cm³/mol. The maximum Gasteiger partial charge on any atom is 0.265 e. The highest BCUT2D eigenvalue weighted by Crippen LogP contribution is 2.29. The van der Waals surface area contributed by atoms with Crippen molar-refractivity contribution in [3.05, 3.63) is 58.4 Å². The highest BCUT2D eigenvalue weighted by molar-refractivity contribution is 7.89. The van der Waals surface area contributed by atoms with Gasteiger partial charge in [0.1, 0.15) is 9.88 Å².